The Morgan fingerprint density at radius 3 is 2.57 bits per heavy atom. The van der Waals surface area contributed by atoms with Crippen LogP contribution in [0, 0.1) is 0 Å². The first-order valence-corrected chi connectivity index (χ1v) is 6.19. The van der Waals surface area contributed by atoms with Crippen LogP contribution in [0.25, 0.3) is 11.6 Å². The largest absolute Gasteiger partial charge is 0.345 e. The third-order valence-electron chi connectivity index (χ3n) is 3.49. The van der Waals surface area contributed by atoms with Crippen LogP contribution in [0.5, 0.6) is 0 Å². The molecular weight excluding hydrogens is 272 g/mol. The van der Waals surface area contributed by atoms with Crippen molar-refractivity contribution < 1.29 is 14.4 Å². The lowest BCUT2D eigenvalue weighted by Gasteiger charge is -2.03. The number of imidazole rings is 1. The second-order valence-corrected chi connectivity index (χ2v) is 4.71. The number of nitrogens with one attached hydrogen (secondary N) is 3. The molecule has 21 heavy (non-hydrogen) atoms. The molecule has 102 valence electrons. The van der Waals surface area contributed by atoms with E-state index < -0.39 is 11.8 Å². The van der Waals surface area contributed by atoms with Crippen molar-refractivity contribution in [3.63, 3.8) is 0 Å². The summed E-state index contributed by atoms with van der Waals surface area (Å²) in [5.41, 5.74) is 2.46. The summed E-state index contributed by atoms with van der Waals surface area (Å²) in [4.78, 5) is 42.5. The molecule has 1 aromatic heterocycles. The number of fused-ring (bicyclic) bond motifs is 3. The molecule has 0 aliphatic carbocycles. The fourth-order valence-corrected chi connectivity index (χ4v) is 2.59. The molecule has 2 aliphatic rings. The van der Waals surface area contributed by atoms with Crippen LogP contribution in [-0.4, -0.2) is 27.7 Å². The first kappa shape index (κ1) is 11.6. The lowest BCUT2D eigenvalue weighted by molar-refractivity contribution is -0.110. The highest BCUT2D eigenvalue weighted by atomic mass is 16.2. The van der Waals surface area contributed by atoms with E-state index in [9.17, 15) is 14.4 Å². The average molecular weight is 280 g/mol. The van der Waals surface area contributed by atoms with Gasteiger partial charge in [-0.3, -0.25) is 19.7 Å². The highest BCUT2D eigenvalue weighted by molar-refractivity contribution is 6.38. The Bertz CT molecular complexity index is 849. The summed E-state index contributed by atoms with van der Waals surface area (Å²) in [6.45, 7) is 0. The predicted octanol–water partition coefficient (Wildman–Crippen LogP) is 0.786. The minimum absolute atomic E-state index is 0.238. The van der Waals surface area contributed by atoms with Crippen molar-refractivity contribution in [3.05, 3.63) is 47.0 Å². The quantitative estimate of drug-likeness (QED) is 0.530. The molecule has 1 aromatic carbocycles. The molecule has 4 rings (SSSR count). The molecule has 0 fully saturated rings. The van der Waals surface area contributed by atoms with Gasteiger partial charge in [-0.2, -0.15) is 0 Å². The van der Waals surface area contributed by atoms with Crippen molar-refractivity contribution in [1.29, 1.82) is 0 Å². The maximum absolute atomic E-state index is 12.1. The van der Waals surface area contributed by atoms with Gasteiger partial charge in [0.2, 0.25) is 0 Å². The van der Waals surface area contributed by atoms with Crippen molar-refractivity contribution in [2.45, 2.75) is 0 Å². The summed E-state index contributed by atoms with van der Waals surface area (Å²) in [6, 6.07) is 3.16. The molecule has 3 heterocycles. The van der Waals surface area contributed by atoms with Gasteiger partial charge < -0.3 is 10.3 Å². The second kappa shape index (κ2) is 3.89. The normalized spacial score (nSPS) is 17.7. The monoisotopic (exact) mass is 280 g/mol. The molecule has 3 N–H and O–H groups in total. The van der Waals surface area contributed by atoms with Gasteiger partial charge >= 0.3 is 0 Å². The molecule has 3 amide bonds. The predicted molar refractivity (Wildman–Crippen MR) is 73.3 cm³/mol. The molecule has 0 saturated carbocycles. The number of imide groups is 1. The molecule has 0 spiro atoms. The van der Waals surface area contributed by atoms with Crippen molar-refractivity contribution >= 4 is 35.1 Å². The Kier molecular flexibility index (Phi) is 2.15. The zero-order valence-electron chi connectivity index (χ0n) is 10.6. The van der Waals surface area contributed by atoms with Gasteiger partial charge in [-0.15, -0.1) is 0 Å². The number of anilines is 1. The molecule has 7 heteroatoms. The van der Waals surface area contributed by atoms with Gasteiger partial charge in [0, 0.05) is 11.3 Å². The first-order chi connectivity index (χ1) is 10.1. The molecule has 2 aliphatic heterocycles. The number of nitrogens with zero attached hydrogens (tertiary/aromatic N) is 1. The Morgan fingerprint density at radius 1 is 0.952 bits per heavy atom. The van der Waals surface area contributed by atoms with Gasteiger partial charge in [0.05, 0.1) is 34.9 Å². The van der Waals surface area contributed by atoms with E-state index in [0.29, 0.717) is 22.5 Å². The van der Waals surface area contributed by atoms with E-state index in [-0.39, 0.29) is 17.0 Å². The number of aromatic amines is 1. The third-order valence-corrected chi connectivity index (χ3v) is 3.49. The zero-order chi connectivity index (χ0) is 14.6. The van der Waals surface area contributed by atoms with Crippen LogP contribution in [0.2, 0.25) is 0 Å². The smallest absolute Gasteiger partial charge is 0.259 e. The maximum atomic E-state index is 12.1. The number of aromatic nitrogens is 2. The molecule has 0 radical (unpaired) electrons. The van der Waals surface area contributed by atoms with E-state index >= 15 is 0 Å². The summed E-state index contributed by atoms with van der Waals surface area (Å²) in [6.07, 6.45) is 4.66. The van der Waals surface area contributed by atoms with E-state index in [4.69, 9.17) is 0 Å². The number of carbonyl (C=O) groups is 3. The van der Waals surface area contributed by atoms with Crippen molar-refractivity contribution in [2.75, 3.05) is 5.32 Å². The van der Waals surface area contributed by atoms with Crippen LogP contribution >= 0.6 is 0 Å². The van der Waals surface area contributed by atoms with Gasteiger partial charge in [0.15, 0.2) is 0 Å². The fraction of sp³-hybridized carbons (Fsp3) is 0. The summed E-state index contributed by atoms with van der Waals surface area (Å²) in [5.74, 6) is -1.25. The van der Waals surface area contributed by atoms with Gasteiger partial charge in [-0.25, -0.2) is 4.98 Å². The van der Waals surface area contributed by atoms with E-state index in [2.05, 4.69) is 20.6 Å². The maximum Gasteiger partial charge on any atom is 0.259 e. The number of amides is 3. The third kappa shape index (κ3) is 1.54. The van der Waals surface area contributed by atoms with Crippen molar-refractivity contribution in [1.82, 2.24) is 15.3 Å². The molecule has 2 aromatic rings. The second-order valence-electron chi connectivity index (χ2n) is 4.71. The highest BCUT2D eigenvalue weighted by Crippen LogP contribution is 2.38. The lowest BCUT2D eigenvalue weighted by atomic mass is 9.96. The highest BCUT2D eigenvalue weighted by Gasteiger charge is 2.36. The van der Waals surface area contributed by atoms with Gasteiger partial charge in [0.1, 0.15) is 0 Å². The van der Waals surface area contributed by atoms with Crippen LogP contribution < -0.4 is 10.6 Å². The number of rotatable bonds is 1. The van der Waals surface area contributed by atoms with Crippen LogP contribution in [0.15, 0.2) is 24.7 Å². The molecule has 0 atom stereocenters. The van der Waals surface area contributed by atoms with E-state index in [1.165, 1.54) is 12.4 Å². The Hall–Kier alpha value is -3.22. The van der Waals surface area contributed by atoms with Gasteiger partial charge in [-0.1, -0.05) is 0 Å². The standard InChI is InChI=1S/C14H8N4O3/c19-12-7-1-2-9-10(11(7)14(21)18-12)8(13(20)17-9)3-6-4-15-5-16-6/h1-5H,(H,15,16)(H,17,20)(H,18,19,21)/b8-3-. The minimum Gasteiger partial charge on any atom is -0.345 e. The SMILES string of the molecule is O=C1Nc2ccc3c(c2/C1=C/c1cnc[nH]1)C(=O)NC3=O. The summed E-state index contributed by atoms with van der Waals surface area (Å²) < 4.78 is 0. The lowest BCUT2D eigenvalue weighted by Crippen LogP contribution is -2.20. The van der Waals surface area contributed by atoms with Crippen molar-refractivity contribution in [2.24, 2.45) is 0 Å². The summed E-state index contributed by atoms with van der Waals surface area (Å²) in [7, 11) is 0. The summed E-state index contributed by atoms with van der Waals surface area (Å²) in [5, 5.41) is 4.93. The zero-order valence-corrected chi connectivity index (χ0v) is 10.6. The van der Waals surface area contributed by atoms with E-state index in [0.717, 1.165) is 0 Å². The Labute approximate surface area is 118 Å². The Balaban J connectivity index is 1.99. The van der Waals surface area contributed by atoms with E-state index in [1.54, 1.807) is 18.3 Å². The molecule has 0 unspecified atom stereocenters. The minimum atomic E-state index is -0.487. The van der Waals surface area contributed by atoms with Crippen molar-refractivity contribution in [3.8, 4) is 0 Å². The molecule has 7 nitrogen and oxygen atoms in total. The average Bonchev–Trinajstić information content (AvgIpc) is 3.12. The number of H-pyrrole nitrogens is 1. The Morgan fingerprint density at radius 2 is 1.81 bits per heavy atom. The number of hydrogen-bond acceptors (Lipinski definition) is 4. The van der Waals surface area contributed by atoms with E-state index in [1.807, 2.05) is 0 Å². The molecule has 0 saturated heterocycles. The van der Waals surface area contributed by atoms with Crippen LogP contribution in [0.4, 0.5) is 5.69 Å². The summed E-state index contributed by atoms with van der Waals surface area (Å²) >= 11 is 0. The fourth-order valence-electron chi connectivity index (χ4n) is 2.59. The number of benzene rings is 1. The van der Waals surface area contributed by atoms with Gasteiger partial charge in [-0.05, 0) is 18.2 Å². The number of carbonyl (C=O) groups excluding carboxylic acids is 3. The van der Waals surface area contributed by atoms with Crippen LogP contribution in [-0.2, 0) is 4.79 Å². The number of hydrogen-bond donors (Lipinski definition) is 3. The topological polar surface area (TPSA) is 104 Å². The van der Waals surface area contributed by atoms with Crippen LogP contribution in [0.3, 0.4) is 0 Å². The molecule has 0 bridgehead atoms. The first-order valence-electron chi connectivity index (χ1n) is 6.19. The van der Waals surface area contributed by atoms with Crippen LogP contribution in [0.1, 0.15) is 32.0 Å². The van der Waals surface area contributed by atoms with Gasteiger partial charge in [0.25, 0.3) is 17.7 Å². The molecular formula is C14H8N4O3.